The molecule has 0 bridgehead atoms. The van der Waals surface area contributed by atoms with Crippen LogP contribution in [0.1, 0.15) is 52.4 Å². The molecule has 0 unspecified atom stereocenters. The first-order valence-corrected chi connectivity index (χ1v) is 8.38. The molecule has 126 valence electrons. The van der Waals surface area contributed by atoms with Crippen LogP contribution in [0, 0.1) is 0 Å². The number of hydrogen-bond donors (Lipinski definition) is 4. The molecule has 0 radical (unpaired) electrons. The molecule has 0 saturated carbocycles. The number of aliphatic hydroxyl groups is 1. The van der Waals surface area contributed by atoms with Gasteiger partial charge in [-0.15, -0.1) is 0 Å². The van der Waals surface area contributed by atoms with E-state index in [4.69, 9.17) is 5.11 Å². The van der Waals surface area contributed by atoms with Crippen molar-refractivity contribution in [2.24, 2.45) is 0 Å². The van der Waals surface area contributed by atoms with Crippen LogP contribution in [0.4, 0.5) is 17.8 Å². The first-order chi connectivity index (χ1) is 10.8. The van der Waals surface area contributed by atoms with Crippen LogP contribution in [0.2, 0.25) is 0 Å². The Morgan fingerprint density at radius 1 is 0.682 bits per heavy atom. The minimum atomic E-state index is 0.215. The summed E-state index contributed by atoms with van der Waals surface area (Å²) in [6.45, 7) is 6.99. The van der Waals surface area contributed by atoms with Crippen molar-refractivity contribution in [1.82, 2.24) is 15.0 Å². The highest BCUT2D eigenvalue weighted by Crippen LogP contribution is 2.10. The third-order valence-corrected chi connectivity index (χ3v) is 3.13. The highest BCUT2D eigenvalue weighted by atomic mass is 16.2. The fraction of sp³-hybridized carbons (Fsp3) is 0.800. The third-order valence-electron chi connectivity index (χ3n) is 3.13. The second-order valence-corrected chi connectivity index (χ2v) is 5.22. The molecule has 1 heterocycles. The van der Waals surface area contributed by atoms with Crippen molar-refractivity contribution in [1.29, 1.82) is 0 Å². The first kappa shape index (κ1) is 18.4. The van der Waals surface area contributed by atoms with Crippen LogP contribution >= 0.6 is 0 Å². The van der Waals surface area contributed by atoms with Gasteiger partial charge >= 0.3 is 0 Å². The minimum absolute atomic E-state index is 0.215. The molecule has 7 heteroatoms. The number of nitrogens with one attached hydrogen (secondary N) is 3. The molecule has 0 spiro atoms. The zero-order valence-electron chi connectivity index (χ0n) is 13.9. The van der Waals surface area contributed by atoms with Crippen molar-refractivity contribution in [3.05, 3.63) is 0 Å². The maximum absolute atomic E-state index is 8.80. The van der Waals surface area contributed by atoms with Crippen molar-refractivity contribution in [3.63, 3.8) is 0 Å². The molecule has 0 aliphatic heterocycles. The summed E-state index contributed by atoms with van der Waals surface area (Å²) in [5.41, 5.74) is 0. The van der Waals surface area contributed by atoms with Crippen molar-refractivity contribution in [2.75, 3.05) is 42.2 Å². The summed E-state index contributed by atoms with van der Waals surface area (Å²) < 4.78 is 0. The van der Waals surface area contributed by atoms with Crippen LogP contribution in [-0.4, -0.2) is 46.3 Å². The Morgan fingerprint density at radius 3 is 1.45 bits per heavy atom. The Bertz CT molecular complexity index is 373. The second kappa shape index (κ2) is 12.0. The van der Waals surface area contributed by atoms with E-state index in [2.05, 4.69) is 44.7 Å². The number of aromatic nitrogens is 3. The van der Waals surface area contributed by atoms with E-state index in [9.17, 15) is 0 Å². The average Bonchev–Trinajstić information content (AvgIpc) is 2.52. The minimum Gasteiger partial charge on any atom is -0.396 e. The number of unbranched alkanes of at least 4 members (excludes halogenated alkanes) is 3. The van der Waals surface area contributed by atoms with E-state index >= 15 is 0 Å². The quantitative estimate of drug-likeness (QED) is 0.416. The monoisotopic (exact) mass is 310 g/mol. The van der Waals surface area contributed by atoms with Crippen LogP contribution in [-0.2, 0) is 0 Å². The number of nitrogens with zero attached hydrogens (tertiary/aromatic N) is 3. The Balaban J connectivity index is 2.62. The Labute approximate surface area is 133 Å². The van der Waals surface area contributed by atoms with Crippen LogP contribution in [0.15, 0.2) is 0 Å². The first-order valence-electron chi connectivity index (χ1n) is 8.38. The van der Waals surface area contributed by atoms with Gasteiger partial charge in [0.2, 0.25) is 17.8 Å². The predicted octanol–water partition coefficient (Wildman–Crippen LogP) is 2.48. The summed E-state index contributed by atoms with van der Waals surface area (Å²) in [5, 5.41) is 18.5. The predicted molar refractivity (Wildman–Crippen MR) is 91.4 cm³/mol. The molecule has 1 rings (SSSR count). The molecule has 0 fully saturated rings. The van der Waals surface area contributed by atoms with Gasteiger partial charge in [0.25, 0.3) is 0 Å². The van der Waals surface area contributed by atoms with E-state index in [1.165, 1.54) is 0 Å². The molecule has 1 aromatic rings. The van der Waals surface area contributed by atoms with Crippen molar-refractivity contribution in [3.8, 4) is 0 Å². The van der Waals surface area contributed by atoms with E-state index in [-0.39, 0.29) is 6.61 Å². The van der Waals surface area contributed by atoms with Gasteiger partial charge in [-0.2, -0.15) is 15.0 Å². The van der Waals surface area contributed by atoms with Gasteiger partial charge in [-0.05, 0) is 25.7 Å². The van der Waals surface area contributed by atoms with Gasteiger partial charge in [-0.3, -0.25) is 0 Å². The Hall–Kier alpha value is -1.63. The molecule has 22 heavy (non-hydrogen) atoms. The van der Waals surface area contributed by atoms with Gasteiger partial charge in [-0.25, -0.2) is 0 Å². The molecular formula is C15H30N6O. The van der Waals surface area contributed by atoms with Crippen molar-refractivity contribution < 1.29 is 5.11 Å². The molecule has 0 saturated heterocycles. The van der Waals surface area contributed by atoms with E-state index in [0.717, 1.165) is 58.2 Å². The van der Waals surface area contributed by atoms with Crippen molar-refractivity contribution in [2.45, 2.75) is 52.4 Å². The fourth-order valence-corrected chi connectivity index (χ4v) is 1.80. The lowest BCUT2D eigenvalue weighted by Gasteiger charge is -2.11. The molecule has 0 atom stereocenters. The smallest absolute Gasteiger partial charge is 0.229 e. The largest absolute Gasteiger partial charge is 0.396 e. The zero-order chi connectivity index (χ0) is 16.0. The van der Waals surface area contributed by atoms with Gasteiger partial charge in [-0.1, -0.05) is 26.7 Å². The summed E-state index contributed by atoms with van der Waals surface area (Å²) >= 11 is 0. The SMILES string of the molecule is CCCCNc1nc(NCCCC)nc(NCCCCO)n1. The number of aliphatic hydroxyl groups excluding tert-OH is 1. The lowest BCUT2D eigenvalue weighted by Crippen LogP contribution is -2.14. The Morgan fingerprint density at radius 2 is 1.09 bits per heavy atom. The number of rotatable bonds is 13. The van der Waals surface area contributed by atoms with E-state index in [0.29, 0.717) is 17.8 Å². The van der Waals surface area contributed by atoms with Crippen LogP contribution in [0.25, 0.3) is 0 Å². The molecule has 7 nitrogen and oxygen atoms in total. The number of anilines is 3. The molecule has 1 aromatic heterocycles. The lowest BCUT2D eigenvalue weighted by atomic mass is 10.3. The van der Waals surface area contributed by atoms with Crippen LogP contribution in [0.5, 0.6) is 0 Å². The van der Waals surface area contributed by atoms with Crippen LogP contribution < -0.4 is 16.0 Å². The number of hydrogen-bond acceptors (Lipinski definition) is 7. The third kappa shape index (κ3) is 7.97. The van der Waals surface area contributed by atoms with Crippen LogP contribution in [0.3, 0.4) is 0 Å². The Kier molecular flexibility index (Phi) is 10.0. The van der Waals surface area contributed by atoms with Gasteiger partial charge in [0.15, 0.2) is 0 Å². The van der Waals surface area contributed by atoms with E-state index < -0.39 is 0 Å². The maximum atomic E-state index is 8.80. The molecule has 0 amide bonds. The van der Waals surface area contributed by atoms with E-state index in [1.54, 1.807) is 0 Å². The zero-order valence-corrected chi connectivity index (χ0v) is 13.9. The summed E-state index contributed by atoms with van der Waals surface area (Å²) in [4.78, 5) is 13.2. The second-order valence-electron chi connectivity index (χ2n) is 5.22. The van der Waals surface area contributed by atoms with Crippen molar-refractivity contribution >= 4 is 17.8 Å². The fourth-order valence-electron chi connectivity index (χ4n) is 1.80. The van der Waals surface area contributed by atoms with Gasteiger partial charge in [0.05, 0.1) is 0 Å². The molecular weight excluding hydrogens is 280 g/mol. The molecule has 4 N–H and O–H groups in total. The summed E-state index contributed by atoms with van der Waals surface area (Å²) in [7, 11) is 0. The normalized spacial score (nSPS) is 10.5. The van der Waals surface area contributed by atoms with Gasteiger partial charge < -0.3 is 21.1 Å². The highest BCUT2D eigenvalue weighted by molar-refractivity contribution is 5.42. The maximum Gasteiger partial charge on any atom is 0.229 e. The summed E-state index contributed by atoms with van der Waals surface area (Å²) in [6.07, 6.45) is 6.10. The summed E-state index contributed by atoms with van der Waals surface area (Å²) in [6, 6.07) is 0. The average molecular weight is 310 g/mol. The molecule has 0 aromatic carbocycles. The van der Waals surface area contributed by atoms with E-state index in [1.807, 2.05) is 0 Å². The standard InChI is InChI=1S/C15H30N6O/c1-3-5-9-16-13-19-14(17-10-6-4-2)21-15(20-13)18-11-7-8-12-22/h22H,3-12H2,1-2H3,(H3,16,17,18,19,20,21). The molecule has 0 aliphatic carbocycles. The highest BCUT2D eigenvalue weighted by Gasteiger charge is 2.05. The van der Waals surface area contributed by atoms with Gasteiger partial charge in [0, 0.05) is 26.2 Å². The lowest BCUT2D eigenvalue weighted by molar-refractivity contribution is 0.286. The topological polar surface area (TPSA) is 95.0 Å². The molecule has 0 aliphatic rings. The van der Waals surface area contributed by atoms with Gasteiger partial charge in [0.1, 0.15) is 0 Å². The summed E-state index contributed by atoms with van der Waals surface area (Å²) in [5.74, 6) is 1.78.